The Hall–Kier alpha value is -3.47. The van der Waals surface area contributed by atoms with E-state index in [9.17, 15) is 14.7 Å². The number of hydrogen-bond acceptors (Lipinski definition) is 3. The predicted octanol–water partition coefficient (Wildman–Crippen LogP) is 3.38. The van der Waals surface area contributed by atoms with Crippen LogP contribution in [0.2, 0.25) is 0 Å². The van der Waals surface area contributed by atoms with E-state index in [0.29, 0.717) is 17.7 Å². The SMILES string of the molecule is O=C(NCc1ccc(-c2ccccc2C(=O)O)cc1)c1cccnc1. The van der Waals surface area contributed by atoms with Crippen LogP contribution in [0.1, 0.15) is 26.3 Å². The Morgan fingerprint density at radius 1 is 0.960 bits per heavy atom. The summed E-state index contributed by atoms with van der Waals surface area (Å²) in [5.74, 6) is -1.14. The van der Waals surface area contributed by atoms with Crippen molar-refractivity contribution in [3.63, 3.8) is 0 Å². The first-order valence-corrected chi connectivity index (χ1v) is 7.75. The van der Waals surface area contributed by atoms with Gasteiger partial charge in [0, 0.05) is 18.9 Å². The van der Waals surface area contributed by atoms with Crippen molar-refractivity contribution in [2.45, 2.75) is 6.54 Å². The summed E-state index contributed by atoms with van der Waals surface area (Å²) < 4.78 is 0. The molecule has 0 aliphatic heterocycles. The molecule has 5 nitrogen and oxygen atoms in total. The Kier molecular flexibility index (Phi) is 4.85. The van der Waals surface area contributed by atoms with Gasteiger partial charge in [0.25, 0.3) is 5.91 Å². The van der Waals surface area contributed by atoms with Crippen LogP contribution in [0.4, 0.5) is 0 Å². The maximum absolute atomic E-state index is 12.0. The second kappa shape index (κ2) is 7.40. The standard InChI is InChI=1S/C20H16N2O3/c23-19(16-4-3-11-21-13-16)22-12-14-7-9-15(10-8-14)17-5-1-2-6-18(17)20(24)25/h1-11,13H,12H2,(H,22,23)(H,24,25). The minimum atomic E-state index is -0.955. The second-order valence-corrected chi connectivity index (χ2v) is 5.47. The van der Waals surface area contributed by atoms with Crippen molar-refractivity contribution in [1.82, 2.24) is 10.3 Å². The molecule has 0 saturated carbocycles. The van der Waals surface area contributed by atoms with E-state index >= 15 is 0 Å². The number of carboxylic acids is 1. The van der Waals surface area contributed by atoms with E-state index in [2.05, 4.69) is 10.3 Å². The molecule has 3 rings (SSSR count). The zero-order chi connectivity index (χ0) is 17.6. The molecule has 0 aliphatic carbocycles. The third kappa shape index (κ3) is 3.90. The predicted molar refractivity (Wildman–Crippen MR) is 94.2 cm³/mol. The molecule has 1 amide bonds. The van der Waals surface area contributed by atoms with Crippen LogP contribution in [0.15, 0.2) is 73.1 Å². The maximum atomic E-state index is 12.0. The fraction of sp³-hybridized carbons (Fsp3) is 0.0500. The first-order valence-electron chi connectivity index (χ1n) is 7.75. The van der Waals surface area contributed by atoms with E-state index in [-0.39, 0.29) is 11.5 Å². The summed E-state index contributed by atoms with van der Waals surface area (Å²) in [5.41, 5.74) is 3.18. The summed E-state index contributed by atoms with van der Waals surface area (Å²) in [6, 6.07) is 17.7. The Bertz CT molecular complexity index is 890. The molecule has 3 aromatic rings. The van der Waals surface area contributed by atoms with Crippen molar-refractivity contribution in [3.8, 4) is 11.1 Å². The third-order valence-corrected chi connectivity index (χ3v) is 3.80. The smallest absolute Gasteiger partial charge is 0.336 e. The van der Waals surface area contributed by atoms with Crippen LogP contribution >= 0.6 is 0 Å². The monoisotopic (exact) mass is 332 g/mol. The lowest BCUT2D eigenvalue weighted by Gasteiger charge is -2.08. The molecule has 2 N–H and O–H groups in total. The number of benzene rings is 2. The van der Waals surface area contributed by atoms with Gasteiger partial charge < -0.3 is 10.4 Å². The maximum Gasteiger partial charge on any atom is 0.336 e. The number of nitrogens with zero attached hydrogens (tertiary/aromatic N) is 1. The molecule has 0 unspecified atom stereocenters. The van der Waals surface area contributed by atoms with Crippen molar-refractivity contribution in [1.29, 1.82) is 0 Å². The molecule has 0 fully saturated rings. The van der Waals surface area contributed by atoms with Gasteiger partial charge in [-0.05, 0) is 34.9 Å². The van der Waals surface area contributed by atoms with Crippen LogP contribution in [0.5, 0.6) is 0 Å². The van der Waals surface area contributed by atoms with E-state index in [0.717, 1.165) is 11.1 Å². The van der Waals surface area contributed by atoms with Crippen LogP contribution in [-0.2, 0) is 6.54 Å². The number of pyridine rings is 1. The van der Waals surface area contributed by atoms with Crippen LogP contribution in [0.3, 0.4) is 0 Å². The van der Waals surface area contributed by atoms with Gasteiger partial charge in [-0.2, -0.15) is 0 Å². The molecule has 0 radical (unpaired) electrons. The van der Waals surface area contributed by atoms with Gasteiger partial charge >= 0.3 is 5.97 Å². The normalized spacial score (nSPS) is 10.2. The van der Waals surface area contributed by atoms with Gasteiger partial charge in [-0.15, -0.1) is 0 Å². The minimum absolute atomic E-state index is 0.187. The van der Waals surface area contributed by atoms with E-state index in [1.165, 1.54) is 6.20 Å². The van der Waals surface area contributed by atoms with Gasteiger partial charge in [-0.1, -0.05) is 42.5 Å². The van der Waals surface area contributed by atoms with Crippen LogP contribution in [-0.4, -0.2) is 22.0 Å². The Morgan fingerprint density at radius 2 is 1.72 bits per heavy atom. The highest BCUT2D eigenvalue weighted by Gasteiger charge is 2.10. The van der Waals surface area contributed by atoms with Gasteiger partial charge in [0.1, 0.15) is 0 Å². The summed E-state index contributed by atoms with van der Waals surface area (Å²) in [6.45, 7) is 0.384. The quantitative estimate of drug-likeness (QED) is 0.751. The highest BCUT2D eigenvalue weighted by molar-refractivity contribution is 5.96. The number of aromatic carboxylic acids is 1. The highest BCUT2D eigenvalue weighted by atomic mass is 16.4. The van der Waals surface area contributed by atoms with Crippen LogP contribution in [0.25, 0.3) is 11.1 Å². The first-order chi connectivity index (χ1) is 12.1. The second-order valence-electron chi connectivity index (χ2n) is 5.47. The molecule has 5 heteroatoms. The van der Waals surface area contributed by atoms with Crippen molar-refractivity contribution < 1.29 is 14.7 Å². The summed E-state index contributed by atoms with van der Waals surface area (Å²) in [4.78, 5) is 27.3. The number of rotatable bonds is 5. The molecule has 1 heterocycles. The molecule has 124 valence electrons. The van der Waals surface area contributed by atoms with Gasteiger partial charge in [-0.3, -0.25) is 9.78 Å². The van der Waals surface area contributed by atoms with Crippen molar-refractivity contribution in [3.05, 3.63) is 89.7 Å². The molecular weight excluding hydrogens is 316 g/mol. The number of carboxylic acid groups (broad SMARTS) is 1. The van der Waals surface area contributed by atoms with Gasteiger partial charge in [0.05, 0.1) is 11.1 Å². The first kappa shape index (κ1) is 16.4. The minimum Gasteiger partial charge on any atom is -0.478 e. The topological polar surface area (TPSA) is 79.3 Å². The Morgan fingerprint density at radius 3 is 2.40 bits per heavy atom. The van der Waals surface area contributed by atoms with Crippen molar-refractivity contribution in [2.24, 2.45) is 0 Å². The summed E-state index contributed by atoms with van der Waals surface area (Å²) >= 11 is 0. The lowest BCUT2D eigenvalue weighted by Crippen LogP contribution is -2.22. The average Bonchev–Trinajstić information content (AvgIpc) is 2.67. The van der Waals surface area contributed by atoms with E-state index in [1.54, 1.807) is 36.5 Å². The summed E-state index contributed by atoms with van der Waals surface area (Å²) in [5, 5.41) is 12.1. The van der Waals surface area contributed by atoms with E-state index in [1.807, 2.05) is 30.3 Å². The molecule has 2 aromatic carbocycles. The van der Waals surface area contributed by atoms with Gasteiger partial charge in [0.2, 0.25) is 0 Å². The van der Waals surface area contributed by atoms with Crippen LogP contribution in [0, 0.1) is 0 Å². The van der Waals surface area contributed by atoms with Crippen molar-refractivity contribution in [2.75, 3.05) is 0 Å². The van der Waals surface area contributed by atoms with Gasteiger partial charge in [0.15, 0.2) is 0 Å². The number of nitrogens with one attached hydrogen (secondary N) is 1. The van der Waals surface area contributed by atoms with Crippen molar-refractivity contribution >= 4 is 11.9 Å². The molecule has 0 atom stereocenters. The number of aromatic nitrogens is 1. The lowest BCUT2D eigenvalue weighted by molar-refractivity contribution is 0.0697. The molecule has 1 aromatic heterocycles. The summed E-state index contributed by atoms with van der Waals surface area (Å²) in [7, 11) is 0. The highest BCUT2D eigenvalue weighted by Crippen LogP contribution is 2.24. The third-order valence-electron chi connectivity index (χ3n) is 3.80. The summed E-state index contributed by atoms with van der Waals surface area (Å²) in [6.07, 6.45) is 3.13. The number of carbonyl (C=O) groups excluding carboxylic acids is 1. The molecule has 0 bridgehead atoms. The fourth-order valence-corrected chi connectivity index (χ4v) is 2.50. The van der Waals surface area contributed by atoms with E-state index in [4.69, 9.17) is 0 Å². The molecule has 0 spiro atoms. The van der Waals surface area contributed by atoms with E-state index < -0.39 is 5.97 Å². The zero-order valence-electron chi connectivity index (χ0n) is 13.3. The van der Waals surface area contributed by atoms with Gasteiger partial charge in [-0.25, -0.2) is 4.79 Å². The lowest BCUT2D eigenvalue weighted by atomic mass is 9.99. The number of hydrogen-bond donors (Lipinski definition) is 2. The Balaban J connectivity index is 1.71. The molecule has 0 aliphatic rings. The number of amides is 1. The fourth-order valence-electron chi connectivity index (χ4n) is 2.50. The molecular formula is C20H16N2O3. The number of carbonyl (C=O) groups is 2. The van der Waals surface area contributed by atoms with Crippen LogP contribution < -0.4 is 5.32 Å². The average molecular weight is 332 g/mol. The Labute approximate surface area is 145 Å². The zero-order valence-corrected chi connectivity index (χ0v) is 13.3. The molecule has 25 heavy (non-hydrogen) atoms. The molecule has 0 saturated heterocycles. The largest absolute Gasteiger partial charge is 0.478 e.